The number of aryl methyl sites for hydroxylation is 1. The van der Waals surface area contributed by atoms with Crippen LogP contribution >= 0.6 is 0 Å². The summed E-state index contributed by atoms with van der Waals surface area (Å²) in [5.74, 6) is -1.73. The van der Waals surface area contributed by atoms with Crippen molar-refractivity contribution in [2.24, 2.45) is 0 Å². The SMILES string of the molecule is CCOc1cccc(/C(O)=C2/C(=O)C(=O)N(c3ccc(OC(F)(F)F)cc3)C2c2ccc(C)o2)c1. The van der Waals surface area contributed by atoms with Crippen molar-refractivity contribution < 1.29 is 41.8 Å². The molecule has 4 rings (SSSR count). The highest BCUT2D eigenvalue weighted by molar-refractivity contribution is 6.51. The summed E-state index contributed by atoms with van der Waals surface area (Å²) in [6, 6.07) is 12.9. The number of nitrogens with zero attached hydrogens (tertiary/aromatic N) is 1. The number of anilines is 1. The van der Waals surface area contributed by atoms with Gasteiger partial charge in [-0.05, 0) is 62.4 Å². The Balaban J connectivity index is 1.82. The van der Waals surface area contributed by atoms with Crippen molar-refractivity contribution in [3.05, 3.63) is 83.3 Å². The number of amides is 1. The topological polar surface area (TPSA) is 89.2 Å². The molecule has 0 spiro atoms. The maximum atomic E-state index is 13.1. The average Bonchev–Trinajstić information content (AvgIpc) is 3.34. The van der Waals surface area contributed by atoms with Gasteiger partial charge in [-0.25, -0.2) is 0 Å². The third-order valence-electron chi connectivity index (χ3n) is 5.24. The monoisotopic (exact) mass is 487 g/mol. The van der Waals surface area contributed by atoms with Gasteiger partial charge in [0.1, 0.15) is 34.8 Å². The van der Waals surface area contributed by atoms with Crippen molar-refractivity contribution in [2.45, 2.75) is 26.3 Å². The molecule has 1 aliphatic rings. The zero-order valence-electron chi connectivity index (χ0n) is 18.6. The number of Topliss-reactive ketones (excluding diaryl/α,β-unsaturated/α-hetero) is 1. The highest BCUT2D eigenvalue weighted by atomic mass is 19.4. The summed E-state index contributed by atoms with van der Waals surface area (Å²) >= 11 is 0. The molecule has 1 atom stereocenters. The minimum Gasteiger partial charge on any atom is -0.507 e. The summed E-state index contributed by atoms with van der Waals surface area (Å²) in [6.07, 6.45) is -4.88. The lowest BCUT2D eigenvalue weighted by Crippen LogP contribution is -2.29. The van der Waals surface area contributed by atoms with Crippen molar-refractivity contribution in [1.82, 2.24) is 0 Å². The van der Waals surface area contributed by atoms with Gasteiger partial charge in [-0.15, -0.1) is 13.2 Å². The molecule has 1 unspecified atom stereocenters. The van der Waals surface area contributed by atoms with Crippen LogP contribution in [0.2, 0.25) is 0 Å². The number of hydrogen-bond donors (Lipinski definition) is 1. The fraction of sp³-hybridized carbons (Fsp3) is 0.200. The maximum Gasteiger partial charge on any atom is 0.573 e. The molecule has 0 aliphatic carbocycles. The number of benzene rings is 2. The van der Waals surface area contributed by atoms with Crippen LogP contribution in [0.15, 0.2) is 70.7 Å². The molecule has 1 saturated heterocycles. The van der Waals surface area contributed by atoms with Crippen LogP contribution in [0, 0.1) is 6.92 Å². The number of alkyl halides is 3. The summed E-state index contributed by atoms with van der Waals surface area (Å²) < 4.78 is 52.6. The van der Waals surface area contributed by atoms with Crippen molar-refractivity contribution >= 4 is 23.1 Å². The molecular weight excluding hydrogens is 467 g/mol. The minimum absolute atomic E-state index is 0.114. The molecule has 7 nitrogen and oxygen atoms in total. The van der Waals surface area contributed by atoms with Gasteiger partial charge in [0.05, 0.1) is 12.2 Å². The second kappa shape index (κ2) is 9.21. The van der Waals surface area contributed by atoms with Crippen molar-refractivity contribution in [3.8, 4) is 11.5 Å². The van der Waals surface area contributed by atoms with E-state index in [1.54, 1.807) is 44.2 Å². The average molecular weight is 487 g/mol. The summed E-state index contributed by atoms with van der Waals surface area (Å²) in [6.45, 7) is 3.85. The normalized spacial score (nSPS) is 17.6. The molecule has 0 bridgehead atoms. The van der Waals surface area contributed by atoms with E-state index in [0.29, 0.717) is 18.1 Å². The molecule has 182 valence electrons. The summed E-state index contributed by atoms with van der Waals surface area (Å²) in [5, 5.41) is 11.1. The second-order valence-electron chi connectivity index (χ2n) is 7.62. The number of carbonyl (C=O) groups is 2. The van der Waals surface area contributed by atoms with Crippen LogP contribution in [0.4, 0.5) is 18.9 Å². The molecule has 0 saturated carbocycles. The van der Waals surface area contributed by atoms with Crippen LogP contribution in [0.3, 0.4) is 0 Å². The number of aliphatic hydroxyl groups excluding tert-OH is 1. The largest absolute Gasteiger partial charge is 0.573 e. The van der Waals surface area contributed by atoms with E-state index in [9.17, 15) is 27.9 Å². The molecule has 3 aromatic rings. The van der Waals surface area contributed by atoms with Gasteiger partial charge >= 0.3 is 6.36 Å². The number of halogens is 3. The number of rotatable bonds is 6. The van der Waals surface area contributed by atoms with Gasteiger partial charge < -0.3 is 19.0 Å². The molecule has 1 aliphatic heterocycles. The Bertz CT molecular complexity index is 1290. The Morgan fingerprint density at radius 3 is 2.37 bits per heavy atom. The van der Waals surface area contributed by atoms with Gasteiger partial charge in [0, 0.05) is 11.3 Å². The van der Waals surface area contributed by atoms with Gasteiger partial charge in [-0.3, -0.25) is 14.5 Å². The fourth-order valence-electron chi connectivity index (χ4n) is 3.83. The fourth-order valence-corrected chi connectivity index (χ4v) is 3.83. The number of hydrogen-bond acceptors (Lipinski definition) is 6. The number of carbonyl (C=O) groups excluding carboxylic acids is 2. The molecule has 10 heteroatoms. The van der Waals surface area contributed by atoms with Crippen LogP contribution in [-0.2, 0) is 9.59 Å². The Kier molecular flexibility index (Phi) is 6.29. The molecule has 1 fully saturated rings. The van der Waals surface area contributed by atoms with Crippen LogP contribution in [0.5, 0.6) is 11.5 Å². The van der Waals surface area contributed by atoms with Crippen molar-refractivity contribution in [2.75, 3.05) is 11.5 Å². The highest BCUT2D eigenvalue weighted by Gasteiger charge is 2.48. The highest BCUT2D eigenvalue weighted by Crippen LogP contribution is 2.43. The van der Waals surface area contributed by atoms with Crippen molar-refractivity contribution in [1.29, 1.82) is 0 Å². The van der Waals surface area contributed by atoms with E-state index >= 15 is 0 Å². The zero-order valence-corrected chi connectivity index (χ0v) is 18.6. The summed E-state index contributed by atoms with van der Waals surface area (Å²) in [5.41, 5.74) is 0.132. The quantitative estimate of drug-likeness (QED) is 0.280. The molecule has 1 aromatic heterocycles. The molecule has 2 heterocycles. The predicted molar refractivity (Wildman–Crippen MR) is 119 cm³/mol. The lowest BCUT2D eigenvalue weighted by atomic mass is 9.99. The van der Waals surface area contributed by atoms with Crippen LogP contribution < -0.4 is 14.4 Å². The Morgan fingerprint density at radius 1 is 1.06 bits per heavy atom. The van der Waals surface area contributed by atoms with Gasteiger partial charge in [-0.2, -0.15) is 0 Å². The predicted octanol–water partition coefficient (Wildman–Crippen LogP) is 5.51. The molecule has 1 N–H and O–H groups in total. The zero-order chi connectivity index (χ0) is 25.3. The third-order valence-corrected chi connectivity index (χ3v) is 5.24. The molecular formula is C25H20F3NO6. The van der Waals surface area contributed by atoms with Crippen LogP contribution in [0.1, 0.15) is 30.0 Å². The first-order valence-corrected chi connectivity index (χ1v) is 10.6. The van der Waals surface area contributed by atoms with Crippen LogP contribution in [0.25, 0.3) is 5.76 Å². The second-order valence-corrected chi connectivity index (χ2v) is 7.62. The standard InChI is InChI=1S/C25H20F3NO6/c1-3-33-18-6-4-5-15(13-18)22(30)20-21(19-12-7-14(2)34-19)29(24(32)23(20)31)16-8-10-17(11-9-16)35-25(26,27)28/h4-13,21,30H,3H2,1-2H3/b22-20-. The smallest absolute Gasteiger partial charge is 0.507 e. The first-order valence-electron chi connectivity index (χ1n) is 10.6. The van der Waals surface area contributed by atoms with Gasteiger partial charge in [0.15, 0.2) is 0 Å². The lowest BCUT2D eigenvalue weighted by Gasteiger charge is -2.23. The number of ether oxygens (including phenoxy) is 2. The van der Waals surface area contributed by atoms with E-state index in [-0.39, 0.29) is 22.6 Å². The van der Waals surface area contributed by atoms with Gasteiger partial charge in [-0.1, -0.05) is 12.1 Å². The number of furan rings is 1. The third kappa shape index (κ3) is 4.86. The molecule has 0 radical (unpaired) electrons. The van der Waals surface area contributed by atoms with E-state index in [0.717, 1.165) is 17.0 Å². The first-order chi connectivity index (χ1) is 16.6. The minimum atomic E-state index is -4.88. The number of ketones is 1. The Hall–Kier alpha value is -4.21. The lowest BCUT2D eigenvalue weighted by molar-refractivity contribution is -0.274. The van der Waals surface area contributed by atoms with Crippen LogP contribution in [-0.4, -0.2) is 29.8 Å². The molecule has 2 aromatic carbocycles. The summed E-state index contributed by atoms with van der Waals surface area (Å²) in [4.78, 5) is 27.2. The first kappa shape index (κ1) is 23.9. The maximum absolute atomic E-state index is 13.1. The van der Waals surface area contributed by atoms with Gasteiger partial charge in [0.25, 0.3) is 11.7 Å². The molecule has 35 heavy (non-hydrogen) atoms. The number of aliphatic hydroxyl groups is 1. The van der Waals surface area contributed by atoms with Crippen molar-refractivity contribution in [3.63, 3.8) is 0 Å². The van der Waals surface area contributed by atoms with E-state index in [1.165, 1.54) is 18.2 Å². The van der Waals surface area contributed by atoms with E-state index in [2.05, 4.69) is 4.74 Å². The molecule has 1 amide bonds. The Morgan fingerprint density at radius 2 is 1.77 bits per heavy atom. The Labute approximate surface area is 198 Å². The van der Waals surface area contributed by atoms with Gasteiger partial charge in [0.2, 0.25) is 0 Å². The van der Waals surface area contributed by atoms with E-state index in [1.807, 2.05) is 0 Å². The summed E-state index contributed by atoms with van der Waals surface area (Å²) in [7, 11) is 0. The van der Waals surface area contributed by atoms with E-state index in [4.69, 9.17) is 9.15 Å². The van der Waals surface area contributed by atoms with E-state index < -0.39 is 35.6 Å².